The SMILES string of the molecule is CC(C(c1ccc2c(c1)OCO2)C(Br)(Br)Br)[N+](=O)[O-]. The normalized spacial score (nSPS) is 17.1. The number of alkyl halides is 3. The van der Waals surface area contributed by atoms with Gasteiger partial charge in [-0.1, -0.05) is 53.9 Å². The summed E-state index contributed by atoms with van der Waals surface area (Å²) < 4.78 is 9.77. The summed E-state index contributed by atoms with van der Waals surface area (Å²) in [4.78, 5) is 10.8. The van der Waals surface area contributed by atoms with Gasteiger partial charge in [0.2, 0.25) is 12.8 Å². The molecule has 104 valence electrons. The van der Waals surface area contributed by atoms with E-state index in [0.717, 1.165) is 5.56 Å². The van der Waals surface area contributed by atoms with E-state index in [9.17, 15) is 10.1 Å². The van der Waals surface area contributed by atoms with Crippen LogP contribution in [0.1, 0.15) is 18.4 Å². The standard InChI is InChI=1S/C11H10Br3NO4/c1-6(15(16)17)10(11(12,13)14)7-2-3-8-9(4-7)19-5-18-8/h2-4,6,10H,5H2,1H3. The summed E-state index contributed by atoms with van der Waals surface area (Å²) >= 11 is 10.2. The van der Waals surface area contributed by atoms with Crippen LogP contribution >= 0.6 is 47.8 Å². The van der Waals surface area contributed by atoms with Crippen LogP contribution in [-0.4, -0.2) is 19.9 Å². The van der Waals surface area contributed by atoms with Gasteiger partial charge in [-0.25, -0.2) is 0 Å². The van der Waals surface area contributed by atoms with Crippen molar-refractivity contribution in [2.24, 2.45) is 0 Å². The number of nitrogens with zero attached hydrogens (tertiary/aromatic N) is 1. The van der Waals surface area contributed by atoms with Crippen LogP contribution in [0.2, 0.25) is 0 Å². The Morgan fingerprint density at radius 3 is 2.53 bits per heavy atom. The van der Waals surface area contributed by atoms with Crippen molar-refractivity contribution in [1.29, 1.82) is 0 Å². The Kier molecular flexibility index (Phi) is 4.42. The molecule has 1 aliphatic heterocycles. The molecule has 2 rings (SSSR count). The highest BCUT2D eigenvalue weighted by atomic mass is 80.0. The molecule has 1 aliphatic rings. The first-order valence-corrected chi connectivity index (χ1v) is 7.78. The molecule has 0 bridgehead atoms. The molecule has 2 atom stereocenters. The van der Waals surface area contributed by atoms with Crippen LogP contribution in [0.15, 0.2) is 18.2 Å². The van der Waals surface area contributed by atoms with Crippen molar-refractivity contribution in [2.45, 2.75) is 21.0 Å². The molecule has 0 fully saturated rings. The van der Waals surface area contributed by atoms with Crippen molar-refractivity contribution < 1.29 is 14.4 Å². The van der Waals surface area contributed by atoms with Gasteiger partial charge in [0.05, 0.1) is 5.92 Å². The van der Waals surface area contributed by atoms with E-state index in [0.29, 0.717) is 11.5 Å². The maximum absolute atomic E-state index is 11.1. The summed E-state index contributed by atoms with van der Waals surface area (Å²) in [7, 11) is 0. The lowest BCUT2D eigenvalue weighted by atomic mass is 9.94. The van der Waals surface area contributed by atoms with Crippen LogP contribution in [0.3, 0.4) is 0 Å². The zero-order valence-electron chi connectivity index (χ0n) is 9.81. The minimum absolute atomic E-state index is 0.177. The molecule has 0 radical (unpaired) electrons. The van der Waals surface area contributed by atoms with E-state index >= 15 is 0 Å². The van der Waals surface area contributed by atoms with E-state index in [1.165, 1.54) is 0 Å². The van der Waals surface area contributed by atoms with Crippen LogP contribution in [0.5, 0.6) is 11.5 Å². The Bertz CT molecular complexity index is 503. The largest absolute Gasteiger partial charge is 0.454 e. The summed E-state index contributed by atoms with van der Waals surface area (Å²) in [6, 6.07) is 4.54. The first kappa shape index (κ1) is 15.1. The number of hydrogen-bond acceptors (Lipinski definition) is 4. The summed E-state index contributed by atoms with van der Waals surface area (Å²) in [5.74, 6) is 0.826. The predicted molar refractivity (Wildman–Crippen MR) is 81.3 cm³/mol. The van der Waals surface area contributed by atoms with Gasteiger partial charge in [0.25, 0.3) is 0 Å². The van der Waals surface area contributed by atoms with Crippen LogP contribution in [-0.2, 0) is 0 Å². The summed E-state index contributed by atoms with van der Waals surface area (Å²) in [6.07, 6.45) is 0. The van der Waals surface area contributed by atoms with Crippen molar-refractivity contribution in [3.05, 3.63) is 33.9 Å². The molecule has 1 aromatic rings. The Hall–Kier alpha value is -0.340. The monoisotopic (exact) mass is 457 g/mol. The molecule has 0 saturated carbocycles. The fourth-order valence-electron chi connectivity index (χ4n) is 1.97. The van der Waals surface area contributed by atoms with Gasteiger partial charge in [-0.3, -0.25) is 10.1 Å². The second-order valence-electron chi connectivity index (χ2n) is 4.16. The van der Waals surface area contributed by atoms with Gasteiger partial charge in [0.1, 0.15) is 2.14 Å². The van der Waals surface area contributed by atoms with Crippen LogP contribution < -0.4 is 9.47 Å². The zero-order chi connectivity index (χ0) is 14.2. The first-order chi connectivity index (χ1) is 8.80. The highest BCUT2D eigenvalue weighted by Gasteiger charge is 2.42. The quantitative estimate of drug-likeness (QED) is 0.389. The van der Waals surface area contributed by atoms with Gasteiger partial charge >= 0.3 is 0 Å². The molecule has 0 N–H and O–H groups in total. The molecular formula is C11H10Br3NO4. The maximum Gasteiger partial charge on any atom is 0.231 e. The number of benzene rings is 1. The van der Waals surface area contributed by atoms with Gasteiger partial charge in [0.15, 0.2) is 11.5 Å². The molecule has 0 aromatic heterocycles. The number of rotatable bonds is 3. The van der Waals surface area contributed by atoms with E-state index in [4.69, 9.17) is 9.47 Å². The minimum Gasteiger partial charge on any atom is -0.454 e. The lowest BCUT2D eigenvalue weighted by Gasteiger charge is -2.26. The zero-order valence-corrected chi connectivity index (χ0v) is 14.6. The van der Waals surface area contributed by atoms with E-state index in [2.05, 4.69) is 47.8 Å². The highest BCUT2D eigenvalue weighted by Crippen LogP contribution is 2.50. The molecular weight excluding hydrogens is 450 g/mol. The van der Waals surface area contributed by atoms with E-state index in [-0.39, 0.29) is 11.7 Å². The fraction of sp³-hybridized carbons (Fsp3) is 0.455. The fourth-order valence-corrected chi connectivity index (χ4v) is 3.91. The van der Waals surface area contributed by atoms with Gasteiger partial charge in [-0.2, -0.15) is 0 Å². The van der Waals surface area contributed by atoms with Crippen LogP contribution in [0, 0.1) is 10.1 Å². The van der Waals surface area contributed by atoms with Crippen LogP contribution in [0.25, 0.3) is 0 Å². The molecule has 5 nitrogen and oxygen atoms in total. The van der Waals surface area contributed by atoms with E-state index in [1.807, 2.05) is 0 Å². The Balaban J connectivity index is 2.41. The third-order valence-electron chi connectivity index (χ3n) is 2.92. The van der Waals surface area contributed by atoms with Gasteiger partial charge in [0, 0.05) is 11.8 Å². The summed E-state index contributed by atoms with van der Waals surface area (Å²) in [5, 5.41) is 11.1. The third kappa shape index (κ3) is 3.22. The number of ether oxygens (including phenoxy) is 2. The van der Waals surface area contributed by atoms with Crippen LogP contribution in [0.4, 0.5) is 0 Å². The smallest absolute Gasteiger partial charge is 0.231 e. The second kappa shape index (κ2) is 5.57. The van der Waals surface area contributed by atoms with E-state index < -0.39 is 14.1 Å². The average molecular weight is 460 g/mol. The molecule has 8 heteroatoms. The molecule has 0 spiro atoms. The van der Waals surface area contributed by atoms with Crippen molar-refractivity contribution in [3.63, 3.8) is 0 Å². The maximum atomic E-state index is 11.1. The predicted octanol–water partition coefficient (Wildman–Crippen LogP) is 4.00. The van der Waals surface area contributed by atoms with E-state index in [1.54, 1.807) is 25.1 Å². The van der Waals surface area contributed by atoms with Gasteiger partial charge in [-0.05, 0) is 17.7 Å². The van der Waals surface area contributed by atoms with Crippen molar-refractivity contribution in [1.82, 2.24) is 0 Å². The van der Waals surface area contributed by atoms with Crippen molar-refractivity contribution in [3.8, 4) is 11.5 Å². The Labute approximate surface area is 135 Å². The highest BCUT2D eigenvalue weighted by molar-refractivity contribution is 9.39. The minimum atomic E-state index is -0.793. The Morgan fingerprint density at radius 2 is 1.95 bits per heavy atom. The second-order valence-corrected chi connectivity index (χ2v) is 11.1. The lowest BCUT2D eigenvalue weighted by molar-refractivity contribution is -0.521. The first-order valence-electron chi connectivity index (χ1n) is 5.40. The lowest BCUT2D eigenvalue weighted by Crippen LogP contribution is -2.32. The molecule has 0 amide bonds. The number of nitro groups is 1. The number of hydrogen-bond donors (Lipinski definition) is 0. The van der Waals surface area contributed by atoms with Gasteiger partial charge < -0.3 is 9.47 Å². The molecule has 19 heavy (non-hydrogen) atoms. The molecule has 1 heterocycles. The average Bonchev–Trinajstić information content (AvgIpc) is 2.74. The van der Waals surface area contributed by atoms with Crippen molar-refractivity contribution in [2.75, 3.05) is 6.79 Å². The van der Waals surface area contributed by atoms with Crippen molar-refractivity contribution >= 4 is 47.8 Å². The summed E-state index contributed by atoms with van der Waals surface area (Å²) in [6.45, 7) is 1.74. The Morgan fingerprint density at radius 1 is 1.32 bits per heavy atom. The molecule has 0 saturated heterocycles. The van der Waals surface area contributed by atoms with Gasteiger partial charge in [-0.15, -0.1) is 0 Å². The third-order valence-corrected chi connectivity index (χ3v) is 4.40. The number of fused-ring (bicyclic) bond motifs is 1. The molecule has 0 aliphatic carbocycles. The molecule has 2 unspecified atom stereocenters. The topological polar surface area (TPSA) is 61.6 Å². The molecule has 1 aromatic carbocycles. The summed E-state index contributed by atoms with van der Waals surface area (Å²) in [5.41, 5.74) is 0.777. The number of halogens is 3.